The van der Waals surface area contributed by atoms with Crippen molar-refractivity contribution in [2.75, 3.05) is 0 Å². The van der Waals surface area contributed by atoms with Crippen LogP contribution in [0.15, 0.2) is 42.7 Å². The molecule has 0 aliphatic rings. The van der Waals surface area contributed by atoms with E-state index >= 15 is 0 Å². The highest BCUT2D eigenvalue weighted by Crippen LogP contribution is 2.26. The van der Waals surface area contributed by atoms with E-state index in [4.69, 9.17) is 10.5 Å². The summed E-state index contributed by atoms with van der Waals surface area (Å²) in [6.45, 7) is 4.75. The number of hydrogen-bond donors (Lipinski definition) is 1. The average Bonchev–Trinajstić information content (AvgIpc) is 2.93. The molecule has 2 aromatic heterocycles. The van der Waals surface area contributed by atoms with Gasteiger partial charge in [0.25, 0.3) is 0 Å². The number of hydrogen-bond acceptors (Lipinski definition) is 4. The zero-order valence-electron chi connectivity index (χ0n) is 12.2. The fourth-order valence-electron chi connectivity index (χ4n) is 2.08. The molecule has 1 aromatic carbocycles. The van der Waals surface area contributed by atoms with Gasteiger partial charge in [0, 0.05) is 18.9 Å². The Morgan fingerprint density at radius 1 is 1.24 bits per heavy atom. The van der Waals surface area contributed by atoms with Crippen molar-refractivity contribution in [3.05, 3.63) is 54.0 Å². The SMILES string of the molecule is CC(C)c1cc2c(Oc3ccc(CN)cc3)nccn2n1. The van der Waals surface area contributed by atoms with Crippen LogP contribution in [-0.2, 0) is 6.54 Å². The summed E-state index contributed by atoms with van der Waals surface area (Å²) in [4.78, 5) is 4.31. The molecule has 0 aliphatic carbocycles. The van der Waals surface area contributed by atoms with Crippen LogP contribution < -0.4 is 10.5 Å². The predicted octanol–water partition coefficient (Wildman–Crippen LogP) is 3.10. The molecular weight excluding hydrogens is 264 g/mol. The Hall–Kier alpha value is -2.40. The molecule has 2 heterocycles. The number of rotatable bonds is 4. The van der Waals surface area contributed by atoms with Crippen molar-refractivity contribution >= 4 is 5.52 Å². The van der Waals surface area contributed by atoms with Gasteiger partial charge in [0.05, 0.1) is 5.69 Å². The van der Waals surface area contributed by atoms with Gasteiger partial charge in [-0.15, -0.1) is 0 Å². The highest BCUT2D eigenvalue weighted by atomic mass is 16.5. The lowest BCUT2D eigenvalue weighted by atomic mass is 10.1. The van der Waals surface area contributed by atoms with Gasteiger partial charge < -0.3 is 10.5 Å². The number of fused-ring (bicyclic) bond motifs is 1. The van der Waals surface area contributed by atoms with E-state index < -0.39 is 0 Å². The first-order valence-corrected chi connectivity index (χ1v) is 6.98. The van der Waals surface area contributed by atoms with Crippen molar-refractivity contribution in [2.45, 2.75) is 26.3 Å². The van der Waals surface area contributed by atoms with Crippen LogP contribution in [0.5, 0.6) is 11.6 Å². The van der Waals surface area contributed by atoms with Crippen LogP contribution in [0.25, 0.3) is 5.52 Å². The Morgan fingerprint density at radius 2 is 2.00 bits per heavy atom. The molecule has 5 nitrogen and oxygen atoms in total. The maximum Gasteiger partial charge on any atom is 0.245 e. The average molecular weight is 282 g/mol. The summed E-state index contributed by atoms with van der Waals surface area (Å²) in [5, 5.41) is 4.52. The molecule has 108 valence electrons. The van der Waals surface area contributed by atoms with Gasteiger partial charge in [-0.2, -0.15) is 5.10 Å². The molecule has 5 heteroatoms. The summed E-state index contributed by atoms with van der Waals surface area (Å²) < 4.78 is 7.67. The number of ether oxygens (including phenoxy) is 1. The number of aromatic nitrogens is 3. The highest BCUT2D eigenvalue weighted by Gasteiger charge is 2.11. The largest absolute Gasteiger partial charge is 0.437 e. The van der Waals surface area contributed by atoms with Gasteiger partial charge in [-0.1, -0.05) is 26.0 Å². The first-order chi connectivity index (χ1) is 10.2. The molecular formula is C16H18N4O. The Balaban J connectivity index is 1.95. The van der Waals surface area contributed by atoms with E-state index in [0.717, 1.165) is 22.5 Å². The quantitative estimate of drug-likeness (QED) is 0.798. The summed E-state index contributed by atoms with van der Waals surface area (Å²) in [5.41, 5.74) is 8.55. The summed E-state index contributed by atoms with van der Waals surface area (Å²) in [7, 11) is 0. The molecule has 0 saturated heterocycles. The molecule has 0 amide bonds. The zero-order chi connectivity index (χ0) is 14.8. The van der Waals surface area contributed by atoms with Crippen LogP contribution >= 0.6 is 0 Å². The first kappa shape index (κ1) is 13.6. The minimum absolute atomic E-state index is 0.363. The smallest absolute Gasteiger partial charge is 0.245 e. The third kappa shape index (κ3) is 2.73. The van der Waals surface area contributed by atoms with E-state index in [2.05, 4.69) is 23.9 Å². The van der Waals surface area contributed by atoms with Crippen molar-refractivity contribution in [2.24, 2.45) is 5.73 Å². The van der Waals surface area contributed by atoms with Crippen LogP contribution in [-0.4, -0.2) is 14.6 Å². The van der Waals surface area contributed by atoms with Crippen LogP contribution in [0, 0.1) is 0 Å². The molecule has 0 radical (unpaired) electrons. The van der Waals surface area contributed by atoms with Crippen LogP contribution in [0.3, 0.4) is 0 Å². The summed E-state index contributed by atoms with van der Waals surface area (Å²) >= 11 is 0. The predicted molar refractivity (Wildman–Crippen MR) is 81.5 cm³/mol. The Morgan fingerprint density at radius 3 is 2.67 bits per heavy atom. The van der Waals surface area contributed by atoms with E-state index in [1.165, 1.54) is 0 Å². The number of nitrogens with two attached hydrogens (primary N) is 1. The molecule has 0 bridgehead atoms. The van der Waals surface area contributed by atoms with Gasteiger partial charge in [0.2, 0.25) is 5.88 Å². The van der Waals surface area contributed by atoms with E-state index in [-0.39, 0.29) is 0 Å². The van der Waals surface area contributed by atoms with Gasteiger partial charge in [0.15, 0.2) is 0 Å². The second-order valence-corrected chi connectivity index (χ2v) is 5.24. The summed E-state index contributed by atoms with van der Waals surface area (Å²) in [6.07, 6.45) is 3.51. The minimum Gasteiger partial charge on any atom is -0.437 e. The second kappa shape index (κ2) is 5.54. The van der Waals surface area contributed by atoms with E-state index in [9.17, 15) is 0 Å². The highest BCUT2D eigenvalue weighted by molar-refractivity contribution is 5.58. The molecule has 0 unspecified atom stereocenters. The van der Waals surface area contributed by atoms with Gasteiger partial charge in [-0.05, 0) is 29.7 Å². The van der Waals surface area contributed by atoms with Gasteiger partial charge in [0.1, 0.15) is 11.3 Å². The molecule has 3 aromatic rings. The molecule has 3 rings (SSSR count). The van der Waals surface area contributed by atoms with E-state index in [1.807, 2.05) is 36.5 Å². The Labute approximate surface area is 123 Å². The fraction of sp³-hybridized carbons (Fsp3) is 0.250. The first-order valence-electron chi connectivity index (χ1n) is 6.98. The summed E-state index contributed by atoms with van der Waals surface area (Å²) in [6, 6.07) is 9.71. The topological polar surface area (TPSA) is 65.4 Å². The maximum atomic E-state index is 5.87. The molecule has 0 aliphatic heterocycles. The number of nitrogens with zero attached hydrogens (tertiary/aromatic N) is 3. The van der Waals surface area contributed by atoms with E-state index in [1.54, 1.807) is 10.7 Å². The molecule has 0 atom stereocenters. The molecule has 2 N–H and O–H groups in total. The Bertz CT molecular complexity index is 747. The van der Waals surface area contributed by atoms with Crippen molar-refractivity contribution in [1.82, 2.24) is 14.6 Å². The van der Waals surface area contributed by atoms with Gasteiger partial charge in [-0.25, -0.2) is 9.50 Å². The maximum absolute atomic E-state index is 5.87. The minimum atomic E-state index is 0.363. The normalized spacial score (nSPS) is 11.2. The standard InChI is InChI=1S/C16H18N4O/c1-11(2)14-9-15-16(18-7-8-20(15)19-14)21-13-5-3-12(10-17)4-6-13/h3-9,11H,10,17H2,1-2H3. The number of benzene rings is 1. The van der Waals surface area contributed by atoms with Gasteiger partial charge >= 0.3 is 0 Å². The van der Waals surface area contributed by atoms with Crippen molar-refractivity contribution < 1.29 is 4.74 Å². The van der Waals surface area contributed by atoms with Crippen molar-refractivity contribution in [3.63, 3.8) is 0 Å². The molecule has 21 heavy (non-hydrogen) atoms. The van der Waals surface area contributed by atoms with Crippen molar-refractivity contribution in [3.8, 4) is 11.6 Å². The fourth-order valence-corrected chi connectivity index (χ4v) is 2.08. The third-order valence-electron chi connectivity index (χ3n) is 3.34. The lowest BCUT2D eigenvalue weighted by Crippen LogP contribution is -1.96. The third-order valence-corrected chi connectivity index (χ3v) is 3.34. The molecule has 0 spiro atoms. The molecule has 0 saturated carbocycles. The summed E-state index contributed by atoms with van der Waals surface area (Å²) in [5.74, 6) is 1.65. The molecule has 0 fully saturated rings. The lowest BCUT2D eigenvalue weighted by molar-refractivity contribution is 0.465. The van der Waals surface area contributed by atoms with Crippen molar-refractivity contribution in [1.29, 1.82) is 0 Å². The van der Waals surface area contributed by atoms with Crippen LogP contribution in [0.1, 0.15) is 31.0 Å². The monoisotopic (exact) mass is 282 g/mol. The van der Waals surface area contributed by atoms with Crippen LogP contribution in [0.4, 0.5) is 0 Å². The van der Waals surface area contributed by atoms with Gasteiger partial charge in [-0.3, -0.25) is 0 Å². The zero-order valence-corrected chi connectivity index (χ0v) is 12.2. The van der Waals surface area contributed by atoms with E-state index in [0.29, 0.717) is 18.3 Å². The second-order valence-electron chi connectivity index (χ2n) is 5.24. The Kier molecular flexibility index (Phi) is 3.58. The lowest BCUT2D eigenvalue weighted by Gasteiger charge is -2.06. The van der Waals surface area contributed by atoms with Crippen LogP contribution in [0.2, 0.25) is 0 Å².